The third kappa shape index (κ3) is 2.48. The van der Waals surface area contributed by atoms with Crippen molar-refractivity contribution in [3.63, 3.8) is 0 Å². The van der Waals surface area contributed by atoms with Gasteiger partial charge in [0, 0.05) is 6.54 Å². The highest BCUT2D eigenvalue weighted by atomic mass is 16.4. The average molecular weight is 239 g/mol. The van der Waals surface area contributed by atoms with Crippen molar-refractivity contribution in [2.45, 2.75) is 30.5 Å². The summed E-state index contributed by atoms with van der Waals surface area (Å²) in [5.74, 6) is 0. The monoisotopic (exact) mass is 239 g/mol. The van der Waals surface area contributed by atoms with E-state index in [1.807, 2.05) is 30.3 Å². The summed E-state index contributed by atoms with van der Waals surface area (Å²) < 4.78 is 0. The number of rotatable bonds is 1. The van der Waals surface area contributed by atoms with Gasteiger partial charge in [0.2, 0.25) is 0 Å². The van der Waals surface area contributed by atoms with Crippen molar-refractivity contribution in [3.05, 3.63) is 35.9 Å². The molecule has 5 nitrogen and oxygen atoms in total. The normalized spacial score (nSPS) is 38.7. The van der Waals surface area contributed by atoms with E-state index in [9.17, 15) is 20.4 Å². The molecule has 0 spiro atoms. The SMILES string of the molecule is O[C@H]1[C@H](O)[C@H](O)CN[C@H](c2ccccc2)[C@H]1O. The molecule has 1 aromatic rings. The van der Waals surface area contributed by atoms with Crippen LogP contribution in [0.5, 0.6) is 0 Å². The molecule has 1 fully saturated rings. The summed E-state index contributed by atoms with van der Waals surface area (Å²) >= 11 is 0. The van der Waals surface area contributed by atoms with E-state index in [4.69, 9.17) is 0 Å². The van der Waals surface area contributed by atoms with Gasteiger partial charge in [-0.1, -0.05) is 30.3 Å². The Morgan fingerprint density at radius 1 is 0.882 bits per heavy atom. The van der Waals surface area contributed by atoms with E-state index < -0.39 is 30.5 Å². The third-order valence-corrected chi connectivity index (χ3v) is 3.14. The Kier molecular flexibility index (Phi) is 3.76. The van der Waals surface area contributed by atoms with Crippen molar-refractivity contribution in [2.24, 2.45) is 0 Å². The molecule has 0 radical (unpaired) electrons. The van der Waals surface area contributed by atoms with Crippen LogP contribution in [0.25, 0.3) is 0 Å². The van der Waals surface area contributed by atoms with Gasteiger partial charge in [0.15, 0.2) is 0 Å². The van der Waals surface area contributed by atoms with E-state index in [0.717, 1.165) is 5.56 Å². The van der Waals surface area contributed by atoms with Crippen LogP contribution in [0.1, 0.15) is 11.6 Å². The van der Waals surface area contributed by atoms with Gasteiger partial charge in [-0.25, -0.2) is 0 Å². The standard InChI is InChI=1S/C12H17NO4/c14-8-6-13-9(7-4-2-1-3-5-7)11(16)12(17)10(8)15/h1-5,8-17H,6H2/t8-,9-,10-,11-,12+/m1/s1. The fourth-order valence-electron chi connectivity index (χ4n) is 2.09. The lowest BCUT2D eigenvalue weighted by Crippen LogP contribution is -2.44. The van der Waals surface area contributed by atoms with E-state index in [0.29, 0.717) is 0 Å². The maximum absolute atomic E-state index is 9.98. The minimum absolute atomic E-state index is 0.120. The summed E-state index contributed by atoms with van der Waals surface area (Å²) in [5.41, 5.74) is 0.806. The largest absolute Gasteiger partial charge is 0.389 e. The lowest BCUT2D eigenvalue weighted by Gasteiger charge is -2.26. The number of β-amino-alcohol motifs (C(OH)–C–C–N with tert-alkyl or cyclic N) is 1. The fourth-order valence-corrected chi connectivity index (χ4v) is 2.09. The zero-order valence-corrected chi connectivity index (χ0v) is 9.27. The summed E-state index contributed by atoms with van der Waals surface area (Å²) in [4.78, 5) is 0. The molecule has 5 N–H and O–H groups in total. The molecule has 17 heavy (non-hydrogen) atoms. The van der Waals surface area contributed by atoms with Crippen molar-refractivity contribution in [3.8, 4) is 0 Å². The van der Waals surface area contributed by atoms with E-state index in [2.05, 4.69) is 5.32 Å². The van der Waals surface area contributed by atoms with Crippen molar-refractivity contribution in [1.82, 2.24) is 5.32 Å². The van der Waals surface area contributed by atoms with Crippen LogP contribution in [0.15, 0.2) is 30.3 Å². The Hall–Kier alpha value is -0.980. The minimum atomic E-state index is -1.37. The van der Waals surface area contributed by atoms with Crippen molar-refractivity contribution < 1.29 is 20.4 Å². The topological polar surface area (TPSA) is 93.0 Å². The second kappa shape index (κ2) is 5.12. The van der Waals surface area contributed by atoms with Crippen molar-refractivity contribution in [1.29, 1.82) is 0 Å². The van der Waals surface area contributed by atoms with Crippen LogP contribution < -0.4 is 5.32 Å². The molecule has 1 saturated heterocycles. The van der Waals surface area contributed by atoms with E-state index >= 15 is 0 Å². The molecule has 1 aliphatic rings. The second-order valence-electron chi connectivity index (χ2n) is 4.34. The molecule has 2 rings (SSSR count). The minimum Gasteiger partial charge on any atom is -0.389 e. The van der Waals surface area contributed by atoms with E-state index in [1.54, 1.807) is 0 Å². The molecule has 0 bridgehead atoms. The predicted molar refractivity (Wildman–Crippen MR) is 61.2 cm³/mol. The summed E-state index contributed by atoms with van der Waals surface area (Å²) in [7, 11) is 0. The number of aliphatic hydroxyl groups excluding tert-OH is 4. The Morgan fingerprint density at radius 3 is 2.18 bits per heavy atom. The Bertz CT molecular complexity index is 359. The maximum Gasteiger partial charge on any atom is 0.110 e. The zero-order valence-electron chi connectivity index (χ0n) is 9.27. The summed E-state index contributed by atoms with van der Waals surface area (Å²) in [6.07, 6.45) is -4.96. The van der Waals surface area contributed by atoms with Crippen LogP contribution >= 0.6 is 0 Å². The van der Waals surface area contributed by atoms with Gasteiger partial charge in [0.05, 0.1) is 12.1 Å². The van der Waals surface area contributed by atoms with Crippen LogP contribution in [0.3, 0.4) is 0 Å². The Labute approximate surface area is 99.3 Å². The first-order valence-corrected chi connectivity index (χ1v) is 5.62. The highest BCUT2D eigenvalue weighted by Crippen LogP contribution is 2.23. The van der Waals surface area contributed by atoms with E-state index in [1.165, 1.54) is 0 Å². The van der Waals surface area contributed by atoms with Gasteiger partial charge in [-0.3, -0.25) is 0 Å². The van der Waals surface area contributed by atoms with Gasteiger partial charge in [-0.2, -0.15) is 0 Å². The van der Waals surface area contributed by atoms with Crippen LogP contribution in [-0.2, 0) is 0 Å². The number of benzene rings is 1. The molecule has 0 aliphatic carbocycles. The molecular weight excluding hydrogens is 222 g/mol. The first-order chi connectivity index (χ1) is 8.11. The second-order valence-corrected chi connectivity index (χ2v) is 4.34. The molecule has 0 saturated carbocycles. The molecule has 5 atom stereocenters. The number of aliphatic hydroxyl groups is 4. The molecule has 0 unspecified atom stereocenters. The van der Waals surface area contributed by atoms with Gasteiger partial charge in [-0.15, -0.1) is 0 Å². The maximum atomic E-state index is 9.98. The van der Waals surface area contributed by atoms with Gasteiger partial charge in [-0.05, 0) is 5.56 Å². The lowest BCUT2D eigenvalue weighted by atomic mass is 9.96. The molecule has 0 amide bonds. The fraction of sp³-hybridized carbons (Fsp3) is 0.500. The highest BCUT2D eigenvalue weighted by Gasteiger charge is 2.38. The van der Waals surface area contributed by atoms with Gasteiger partial charge >= 0.3 is 0 Å². The molecular formula is C12H17NO4. The van der Waals surface area contributed by atoms with Gasteiger partial charge < -0.3 is 25.7 Å². The Morgan fingerprint density at radius 2 is 1.53 bits per heavy atom. The summed E-state index contributed by atoms with van der Waals surface area (Å²) in [6.45, 7) is 0.120. The molecule has 5 heteroatoms. The number of hydrogen-bond acceptors (Lipinski definition) is 5. The van der Waals surface area contributed by atoms with E-state index in [-0.39, 0.29) is 6.54 Å². The molecule has 1 heterocycles. The van der Waals surface area contributed by atoms with Crippen LogP contribution in [0, 0.1) is 0 Å². The highest BCUT2D eigenvalue weighted by molar-refractivity contribution is 5.21. The third-order valence-electron chi connectivity index (χ3n) is 3.14. The average Bonchev–Trinajstić information content (AvgIpc) is 2.45. The summed E-state index contributed by atoms with van der Waals surface area (Å²) in [5, 5.41) is 41.7. The lowest BCUT2D eigenvalue weighted by molar-refractivity contribution is -0.0959. The van der Waals surface area contributed by atoms with Gasteiger partial charge in [0.25, 0.3) is 0 Å². The summed E-state index contributed by atoms with van der Waals surface area (Å²) in [6, 6.07) is 8.64. The van der Waals surface area contributed by atoms with Crippen molar-refractivity contribution >= 4 is 0 Å². The molecule has 1 aliphatic heterocycles. The molecule has 1 aromatic carbocycles. The number of nitrogens with one attached hydrogen (secondary N) is 1. The van der Waals surface area contributed by atoms with Crippen LogP contribution in [0.4, 0.5) is 0 Å². The smallest absolute Gasteiger partial charge is 0.110 e. The Balaban J connectivity index is 2.24. The quantitative estimate of drug-likeness (QED) is 0.423. The van der Waals surface area contributed by atoms with Crippen LogP contribution in [0.2, 0.25) is 0 Å². The predicted octanol–water partition coefficient (Wildman–Crippen LogP) is -1.23. The first kappa shape index (κ1) is 12.5. The number of hydrogen-bond donors (Lipinski definition) is 5. The molecule has 0 aromatic heterocycles. The van der Waals surface area contributed by atoms with Gasteiger partial charge in [0.1, 0.15) is 18.3 Å². The first-order valence-electron chi connectivity index (χ1n) is 5.62. The van der Waals surface area contributed by atoms with Crippen LogP contribution in [-0.4, -0.2) is 51.4 Å². The zero-order chi connectivity index (χ0) is 12.4. The van der Waals surface area contributed by atoms with Crippen molar-refractivity contribution in [2.75, 3.05) is 6.54 Å². The molecule has 94 valence electrons.